The number of nitriles is 1. The molecule has 0 saturated carbocycles. The van der Waals surface area contributed by atoms with Gasteiger partial charge in [-0.3, -0.25) is 0 Å². The van der Waals surface area contributed by atoms with Gasteiger partial charge in [0.2, 0.25) is 0 Å². The normalized spacial score (nSPS) is 28.2. The summed E-state index contributed by atoms with van der Waals surface area (Å²) < 4.78 is 29.9. The lowest BCUT2D eigenvalue weighted by Crippen LogP contribution is -2.34. The van der Waals surface area contributed by atoms with Gasteiger partial charge in [0.05, 0.1) is 25.3 Å². The molecule has 2 aliphatic rings. The zero-order chi connectivity index (χ0) is 17.2. The van der Waals surface area contributed by atoms with E-state index in [1.807, 2.05) is 18.2 Å². The fraction of sp³-hybridized carbons (Fsp3) is 0.529. The van der Waals surface area contributed by atoms with Crippen molar-refractivity contribution in [3.63, 3.8) is 0 Å². The number of ether oxygens (including phenoxy) is 5. The SMILES string of the molecule is CO[C@@H]1CO[C@H]2[C@@H]1OC[C@H]2OCCOc1nn2ccccc2c1C#N. The number of nitrogens with zero attached hydrogens (tertiary/aromatic N) is 3. The molecule has 0 aromatic carbocycles. The van der Waals surface area contributed by atoms with Gasteiger partial charge in [0, 0.05) is 13.3 Å². The molecule has 2 aromatic rings. The Morgan fingerprint density at radius 3 is 2.84 bits per heavy atom. The zero-order valence-electron chi connectivity index (χ0n) is 13.8. The Balaban J connectivity index is 1.31. The third kappa shape index (κ3) is 2.96. The number of hydrogen-bond donors (Lipinski definition) is 0. The molecule has 0 N–H and O–H groups in total. The van der Waals surface area contributed by atoms with Gasteiger partial charge in [-0.15, -0.1) is 5.10 Å². The van der Waals surface area contributed by atoms with Crippen LogP contribution in [0.25, 0.3) is 5.52 Å². The van der Waals surface area contributed by atoms with Gasteiger partial charge < -0.3 is 23.7 Å². The number of hydrogen-bond acceptors (Lipinski definition) is 7. The van der Waals surface area contributed by atoms with E-state index >= 15 is 0 Å². The van der Waals surface area contributed by atoms with Crippen LogP contribution in [0.4, 0.5) is 0 Å². The molecule has 4 atom stereocenters. The molecule has 0 unspecified atom stereocenters. The molecule has 4 rings (SSSR count). The molecule has 4 heterocycles. The molecular formula is C17H19N3O5. The third-order valence-electron chi connectivity index (χ3n) is 4.54. The van der Waals surface area contributed by atoms with Gasteiger partial charge in [0.25, 0.3) is 5.88 Å². The van der Waals surface area contributed by atoms with Crippen LogP contribution in [0.2, 0.25) is 0 Å². The van der Waals surface area contributed by atoms with Crippen molar-refractivity contribution in [1.29, 1.82) is 5.26 Å². The van der Waals surface area contributed by atoms with Crippen LogP contribution >= 0.6 is 0 Å². The van der Waals surface area contributed by atoms with Crippen LogP contribution in [0, 0.1) is 11.3 Å². The summed E-state index contributed by atoms with van der Waals surface area (Å²) in [6.07, 6.45) is 1.43. The summed E-state index contributed by atoms with van der Waals surface area (Å²) in [6, 6.07) is 7.67. The number of aromatic nitrogens is 2. The molecule has 8 heteroatoms. The highest BCUT2D eigenvalue weighted by molar-refractivity contribution is 5.64. The molecule has 0 spiro atoms. The summed E-state index contributed by atoms with van der Waals surface area (Å²) in [7, 11) is 1.66. The minimum atomic E-state index is -0.134. The van der Waals surface area contributed by atoms with Crippen molar-refractivity contribution in [3.05, 3.63) is 30.0 Å². The molecule has 2 saturated heterocycles. The van der Waals surface area contributed by atoms with Crippen molar-refractivity contribution in [2.24, 2.45) is 0 Å². The minimum Gasteiger partial charge on any atom is -0.473 e. The summed E-state index contributed by atoms with van der Waals surface area (Å²) in [5.41, 5.74) is 1.14. The molecule has 2 fully saturated rings. The smallest absolute Gasteiger partial charge is 0.252 e. The van der Waals surface area contributed by atoms with Crippen LogP contribution in [-0.4, -0.2) is 67.6 Å². The van der Waals surface area contributed by atoms with E-state index < -0.39 is 0 Å². The number of fused-ring (bicyclic) bond motifs is 2. The fourth-order valence-corrected chi connectivity index (χ4v) is 3.30. The monoisotopic (exact) mass is 345 g/mol. The molecule has 0 radical (unpaired) electrons. The first-order valence-electron chi connectivity index (χ1n) is 8.19. The lowest BCUT2D eigenvalue weighted by molar-refractivity contribution is -0.0474. The van der Waals surface area contributed by atoms with Crippen LogP contribution < -0.4 is 4.74 Å². The maximum atomic E-state index is 9.33. The molecule has 2 aliphatic heterocycles. The Hall–Kier alpha value is -2.18. The van der Waals surface area contributed by atoms with E-state index in [1.54, 1.807) is 17.8 Å². The summed E-state index contributed by atoms with van der Waals surface area (Å²) >= 11 is 0. The number of rotatable bonds is 6. The van der Waals surface area contributed by atoms with Gasteiger partial charge in [-0.05, 0) is 12.1 Å². The topological polar surface area (TPSA) is 87.2 Å². The standard InChI is InChI=1S/C17H19N3O5/c1-21-13-9-24-16-14(10-25-15(13)16)22-6-7-23-17-11(8-18)12-4-2-3-5-20(12)19-17/h2-5,13-16H,6-7,9-10H2,1H3/t13-,14-,15-,16-/m1/s1. The highest BCUT2D eigenvalue weighted by atomic mass is 16.6. The maximum Gasteiger partial charge on any atom is 0.252 e. The lowest BCUT2D eigenvalue weighted by atomic mass is 10.1. The van der Waals surface area contributed by atoms with E-state index in [9.17, 15) is 5.26 Å². The van der Waals surface area contributed by atoms with Crippen LogP contribution in [0.5, 0.6) is 5.88 Å². The van der Waals surface area contributed by atoms with E-state index in [1.165, 1.54) is 0 Å². The quantitative estimate of drug-likeness (QED) is 0.715. The summed E-state index contributed by atoms with van der Waals surface area (Å²) in [5, 5.41) is 13.6. The average molecular weight is 345 g/mol. The fourth-order valence-electron chi connectivity index (χ4n) is 3.30. The second kappa shape index (κ2) is 6.98. The third-order valence-corrected chi connectivity index (χ3v) is 4.54. The number of methoxy groups -OCH3 is 1. The number of pyridine rings is 1. The Morgan fingerprint density at radius 2 is 2.04 bits per heavy atom. The minimum absolute atomic E-state index is 0.0361. The summed E-state index contributed by atoms with van der Waals surface area (Å²) in [4.78, 5) is 0. The van der Waals surface area contributed by atoms with Crippen molar-refractivity contribution >= 4 is 5.52 Å². The van der Waals surface area contributed by atoms with Crippen LogP contribution in [-0.2, 0) is 18.9 Å². The van der Waals surface area contributed by atoms with Crippen molar-refractivity contribution < 1.29 is 23.7 Å². The molecule has 0 amide bonds. The lowest BCUT2D eigenvalue weighted by Gasteiger charge is -2.16. The first kappa shape index (κ1) is 16.3. The summed E-state index contributed by atoms with van der Waals surface area (Å²) in [6.45, 7) is 1.65. The van der Waals surface area contributed by atoms with E-state index in [-0.39, 0.29) is 24.4 Å². The molecule has 8 nitrogen and oxygen atoms in total. The van der Waals surface area contributed by atoms with Crippen molar-refractivity contribution in [1.82, 2.24) is 9.61 Å². The zero-order valence-corrected chi connectivity index (χ0v) is 13.8. The molecule has 0 aliphatic carbocycles. The highest BCUT2D eigenvalue weighted by Gasteiger charge is 2.48. The first-order chi connectivity index (χ1) is 12.3. The molecule has 25 heavy (non-hydrogen) atoms. The molecule has 0 bridgehead atoms. The second-order valence-corrected chi connectivity index (χ2v) is 5.95. The Labute approximate surface area is 144 Å². The van der Waals surface area contributed by atoms with Crippen LogP contribution in [0.3, 0.4) is 0 Å². The first-order valence-corrected chi connectivity index (χ1v) is 8.19. The highest BCUT2D eigenvalue weighted by Crippen LogP contribution is 2.30. The predicted octanol–water partition coefficient (Wildman–Crippen LogP) is 0.783. The predicted molar refractivity (Wildman–Crippen MR) is 85.4 cm³/mol. The van der Waals surface area contributed by atoms with Gasteiger partial charge in [-0.1, -0.05) is 6.07 Å². The van der Waals surface area contributed by atoms with Crippen molar-refractivity contribution in [2.75, 3.05) is 33.5 Å². The van der Waals surface area contributed by atoms with Gasteiger partial charge in [-0.2, -0.15) is 5.26 Å². The largest absolute Gasteiger partial charge is 0.473 e. The Morgan fingerprint density at radius 1 is 1.24 bits per heavy atom. The molecular weight excluding hydrogens is 326 g/mol. The van der Waals surface area contributed by atoms with E-state index in [4.69, 9.17) is 23.7 Å². The summed E-state index contributed by atoms with van der Waals surface area (Å²) in [5.74, 6) is 0.314. The average Bonchev–Trinajstić information content (AvgIpc) is 3.31. The molecule has 132 valence electrons. The van der Waals surface area contributed by atoms with E-state index in [0.29, 0.717) is 37.9 Å². The Kier molecular flexibility index (Phi) is 4.55. The van der Waals surface area contributed by atoms with Gasteiger partial charge in [0.1, 0.15) is 42.7 Å². The second-order valence-electron chi connectivity index (χ2n) is 5.95. The van der Waals surface area contributed by atoms with E-state index in [2.05, 4.69) is 11.2 Å². The molecule has 2 aromatic heterocycles. The van der Waals surface area contributed by atoms with Gasteiger partial charge >= 0.3 is 0 Å². The van der Waals surface area contributed by atoms with Crippen LogP contribution in [0.1, 0.15) is 5.56 Å². The maximum absolute atomic E-state index is 9.33. The van der Waals surface area contributed by atoms with Gasteiger partial charge in [0.15, 0.2) is 0 Å². The van der Waals surface area contributed by atoms with E-state index in [0.717, 1.165) is 5.52 Å². The van der Waals surface area contributed by atoms with Crippen molar-refractivity contribution in [2.45, 2.75) is 24.4 Å². The van der Waals surface area contributed by atoms with Crippen molar-refractivity contribution in [3.8, 4) is 11.9 Å². The Bertz CT molecular complexity index is 786. The van der Waals surface area contributed by atoms with Crippen LogP contribution in [0.15, 0.2) is 24.4 Å². The van der Waals surface area contributed by atoms with Gasteiger partial charge in [-0.25, -0.2) is 4.52 Å².